The van der Waals surface area contributed by atoms with Gasteiger partial charge in [0, 0.05) is 22.4 Å². The zero-order valence-electron chi connectivity index (χ0n) is 19.0. The molecule has 34 heavy (non-hydrogen) atoms. The number of nitrogens with zero attached hydrogens (tertiary/aromatic N) is 2. The Labute approximate surface area is 203 Å². The quantitative estimate of drug-likeness (QED) is 0.422. The monoisotopic (exact) mass is 474 g/mol. The molecular weight excluding hydrogens is 448 g/mol. The number of ether oxygens (including phenoxy) is 2. The predicted octanol–water partition coefficient (Wildman–Crippen LogP) is 5.12. The van der Waals surface area contributed by atoms with Crippen LogP contribution in [0.5, 0.6) is 11.5 Å². The summed E-state index contributed by atoms with van der Waals surface area (Å²) in [4.78, 5) is 31.9. The highest BCUT2D eigenvalue weighted by atomic mass is 32.2. The van der Waals surface area contributed by atoms with Gasteiger partial charge in [0.25, 0.3) is 11.8 Å². The topological polar surface area (TPSA) is 59.1 Å². The van der Waals surface area contributed by atoms with Crippen molar-refractivity contribution in [3.63, 3.8) is 0 Å². The van der Waals surface area contributed by atoms with E-state index in [-0.39, 0.29) is 11.8 Å². The lowest BCUT2D eigenvalue weighted by molar-refractivity contribution is 0.0926. The molecule has 0 aromatic heterocycles. The van der Waals surface area contributed by atoms with Crippen LogP contribution < -0.4 is 14.4 Å². The van der Waals surface area contributed by atoms with Gasteiger partial charge in [0.05, 0.1) is 23.9 Å². The molecule has 1 fully saturated rings. The fourth-order valence-corrected chi connectivity index (χ4v) is 5.23. The largest absolute Gasteiger partial charge is 0.493 e. The molecule has 7 heteroatoms. The van der Waals surface area contributed by atoms with Crippen molar-refractivity contribution in [2.75, 3.05) is 38.3 Å². The Hall–Kier alpha value is -3.29. The molecule has 1 saturated heterocycles. The Morgan fingerprint density at radius 3 is 2.35 bits per heavy atom. The first-order valence-electron chi connectivity index (χ1n) is 11.4. The highest BCUT2D eigenvalue weighted by Gasteiger charge is 2.37. The number of carbonyl (C=O) groups is 2. The Bertz CT molecular complexity index is 1210. The lowest BCUT2D eigenvalue weighted by Gasteiger charge is -2.18. The van der Waals surface area contributed by atoms with Crippen molar-refractivity contribution in [3.8, 4) is 11.5 Å². The van der Waals surface area contributed by atoms with Crippen LogP contribution in [-0.4, -0.2) is 50.1 Å². The second-order valence-electron chi connectivity index (χ2n) is 8.30. The fourth-order valence-electron chi connectivity index (χ4n) is 4.35. The summed E-state index contributed by atoms with van der Waals surface area (Å²) in [6, 6.07) is 20.5. The van der Waals surface area contributed by atoms with E-state index in [1.807, 2.05) is 36.4 Å². The first kappa shape index (κ1) is 22.5. The number of likely N-dealkylation sites (tertiary alicyclic amines) is 1. The maximum Gasteiger partial charge on any atom is 0.266 e. The molecule has 6 nitrogen and oxygen atoms in total. The van der Waals surface area contributed by atoms with Gasteiger partial charge in [-0.25, -0.2) is 4.90 Å². The number of amides is 2. The van der Waals surface area contributed by atoms with Gasteiger partial charge in [0.15, 0.2) is 11.5 Å². The third-order valence-electron chi connectivity index (χ3n) is 6.11. The Morgan fingerprint density at radius 1 is 0.824 bits per heavy atom. The Kier molecular flexibility index (Phi) is 6.56. The maximum absolute atomic E-state index is 13.2. The second kappa shape index (κ2) is 9.91. The molecule has 0 atom stereocenters. The van der Waals surface area contributed by atoms with Crippen molar-refractivity contribution in [2.45, 2.75) is 22.6 Å². The highest BCUT2D eigenvalue weighted by molar-refractivity contribution is 7.99. The molecule has 0 N–H and O–H groups in total. The van der Waals surface area contributed by atoms with Crippen LogP contribution in [0.4, 0.5) is 5.69 Å². The number of imide groups is 1. The normalized spacial score (nSPS) is 15.6. The lowest BCUT2D eigenvalue weighted by atomic mass is 10.1. The van der Waals surface area contributed by atoms with Gasteiger partial charge in [-0.05, 0) is 68.4 Å². The number of anilines is 1. The molecule has 2 amide bonds. The number of benzene rings is 3. The molecule has 2 aliphatic heterocycles. The van der Waals surface area contributed by atoms with E-state index < -0.39 is 0 Å². The third-order valence-corrected chi connectivity index (χ3v) is 7.10. The SMILES string of the molecule is COc1cc(N2C(=O)c3ccc(Sc4ccccc4)cc3C2=O)ccc1OCCN1CCCC1. The molecule has 0 radical (unpaired) electrons. The molecule has 5 rings (SSSR count). The summed E-state index contributed by atoms with van der Waals surface area (Å²) in [7, 11) is 1.56. The molecule has 3 aromatic rings. The van der Waals surface area contributed by atoms with Crippen LogP contribution in [0.25, 0.3) is 0 Å². The summed E-state index contributed by atoms with van der Waals surface area (Å²) in [5, 5.41) is 0. The van der Waals surface area contributed by atoms with E-state index in [2.05, 4.69) is 4.90 Å². The summed E-state index contributed by atoms with van der Waals surface area (Å²) in [6.07, 6.45) is 2.48. The molecule has 2 aliphatic rings. The van der Waals surface area contributed by atoms with Crippen molar-refractivity contribution < 1.29 is 19.1 Å². The van der Waals surface area contributed by atoms with E-state index >= 15 is 0 Å². The molecule has 174 valence electrons. The minimum Gasteiger partial charge on any atom is -0.493 e. The van der Waals surface area contributed by atoms with Crippen LogP contribution in [0.15, 0.2) is 76.5 Å². The molecule has 3 aromatic carbocycles. The first-order chi connectivity index (χ1) is 16.6. The highest BCUT2D eigenvalue weighted by Crippen LogP contribution is 2.37. The summed E-state index contributed by atoms with van der Waals surface area (Å²) >= 11 is 1.56. The Morgan fingerprint density at radius 2 is 1.59 bits per heavy atom. The van der Waals surface area contributed by atoms with Gasteiger partial charge in [0.2, 0.25) is 0 Å². The fraction of sp³-hybridized carbons (Fsp3) is 0.259. The van der Waals surface area contributed by atoms with Gasteiger partial charge < -0.3 is 9.47 Å². The lowest BCUT2D eigenvalue weighted by Crippen LogP contribution is -2.29. The number of methoxy groups -OCH3 is 1. The number of rotatable bonds is 8. The van der Waals surface area contributed by atoms with Gasteiger partial charge >= 0.3 is 0 Å². The minimum absolute atomic E-state index is 0.332. The van der Waals surface area contributed by atoms with Gasteiger partial charge in [-0.15, -0.1) is 0 Å². The van der Waals surface area contributed by atoms with Crippen LogP contribution >= 0.6 is 11.8 Å². The molecule has 2 heterocycles. The van der Waals surface area contributed by atoms with Gasteiger partial charge in [-0.2, -0.15) is 0 Å². The van der Waals surface area contributed by atoms with Crippen molar-refractivity contribution in [2.24, 2.45) is 0 Å². The van der Waals surface area contributed by atoms with E-state index in [1.54, 1.807) is 49.2 Å². The van der Waals surface area contributed by atoms with Crippen molar-refractivity contribution in [1.82, 2.24) is 4.90 Å². The summed E-state index contributed by atoms with van der Waals surface area (Å²) in [6.45, 7) is 3.66. The first-order valence-corrected chi connectivity index (χ1v) is 12.2. The van der Waals surface area contributed by atoms with Crippen LogP contribution in [-0.2, 0) is 0 Å². The molecule has 0 unspecified atom stereocenters. The molecule has 0 spiro atoms. The minimum atomic E-state index is -0.333. The second-order valence-corrected chi connectivity index (χ2v) is 9.45. The van der Waals surface area contributed by atoms with E-state index in [1.165, 1.54) is 17.7 Å². The van der Waals surface area contributed by atoms with Crippen molar-refractivity contribution >= 4 is 29.3 Å². The number of hydrogen-bond acceptors (Lipinski definition) is 6. The van der Waals surface area contributed by atoms with Crippen LogP contribution in [0.2, 0.25) is 0 Å². The number of hydrogen-bond donors (Lipinski definition) is 0. The van der Waals surface area contributed by atoms with E-state index in [0.717, 1.165) is 29.4 Å². The number of fused-ring (bicyclic) bond motifs is 1. The van der Waals surface area contributed by atoms with Crippen LogP contribution in [0.1, 0.15) is 33.6 Å². The summed E-state index contributed by atoms with van der Waals surface area (Å²) in [5.74, 6) is 0.431. The third kappa shape index (κ3) is 4.54. The smallest absolute Gasteiger partial charge is 0.266 e. The zero-order valence-corrected chi connectivity index (χ0v) is 19.8. The summed E-state index contributed by atoms with van der Waals surface area (Å²) in [5.41, 5.74) is 1.29. The van der Waals surface area contributed by atoms with E-state index in [4.69, 9.17) is 9.47 Å². The predicted molar refractivity (Wildman–Crippen MR) is 132 cm³/mol. The van der Waals surface area contributed by atoms with Crippen LogP contribution in [0.3, 0.4) is 0 Å². The van der Waals surface area contributed by atoms with E-state index in [9.17, 15) is 9.59 Å². The molecule has 0 bridgehead atoms. The molecule has 0 saturated carbocycles. The van der Waals surface area contributed by atoms with Crippen molar-refractivity contribution in [3.05, 3.63) is 77.9 Å². The van der Waals surface area contributed by atoms with Crippen LogP contribution in [0, 0.1) is 0 Å². The van der Waals surface area contributed by atoms with Crippen molar-refractivity contribution in [1.29, 1.82) is 0 Å². The number of carbonyl (C=O) groups excluding carboxylic acids is 2. The Balaban J connectivity index is 1.33. The average molecular weight is 475 g/mol. The standard InChI is InChI=1S/C27H26N2O4S/c1-32-25-17-19(9-12-24(25)33-16-15-28-13-5-6-14-28)29-26(30)22-11-10-21(18-23(22)27(29)31)34-20-7-3-2-4-8-20/h2-4,7-12,17-18H,5-6,13-16H2,1H3. The molecule has 0 aliphatic carbocycles. The van der Waals surface area contributed by atoms with Gasteiger partial charge in [0.1, 0.15) is 6.61 Å². The van der Waals surface area contributed by atoms with Gasteiger partial charge in [-0.3, -0.25) is 14.5 Å². The summed E-state index contributed by atoms with van der Waals surface area (Å²) < 4.78 is 11.4. The molecular formula is C27H26N2O4S. The average Bonchev–Trinajstić information content (AvgIpc) is 3.46. The van der Waals surface area contributed by atoms with E-state index in [0.29, 0.717) is 34.9 Å². The maximum atomic E-state index is 13.2. The zero-order chi connectivity index (χ0) is 23.5. The van der Waals surface area contributed by atoms with Gasteiger partial charge in [-0.1, -0.05) is 30.0 Å².